The van der Waals surface area contributed by atoms with E-state index < -0.39 is 32.2 Å². The highest BCUT2D eigenvalue weighted by Gasteiger charge is 2.52. The van der Waals surface area contributed by atoms with E-state index in [-0.39, 0.29) is 6.10 Å². The quantitative estimate of drug-likeness (QED) is 0.132. The average Bonchev–Trinajstić information content (AvgIpc) is 2.87. The van der Waals surface area contributed by atoms with Crippen molar-refractivity contribution in [2.24, 2.45) is 0 Å². The molecule has 15 heteroatoms. The largest absolute Gasteiger partial charge is 0.681 e. The Bertz CT molecular complexity index is 644. The molecule has 3 fully saturated rings. The zero-order valence-corrected chi connectivity index (χ0v) is 25.2. The van der Waals surface area contributed by atoms with Gasteiger partial charge in [-0.05, 0) is 18.9 Å². The van der Waals surface area contributed by atoms with Gasteiger partial charge >= 0.3 is 17.9 Å². The van der Waals surface area contributed by atoms with Crippen molar-refractivity contribution < 1.29 is 50.0 Å². The average molecular weight is 570 g/mol. The highest BCUT2D eigenvalue weighted by Crippen LogP contribution is 2.24. The zero-order chi connectivity index (χ0) is 26.5. The third-order valence-corrected chi connectivity index (χ3v) is 13.9. The van der Waals surface area contributed by atoms with Gasteiger partial charge in [-0.2, -0.15) is 0 Å². The summed E-state index contributed by atoms with van der Waals surface area (Å²) in [4.78, 5) is 24.4. The number of carbonyl (C=O) groups is 2. The summed E-state index contributed by atoms with van der Waals surface area (Å²) in [6.45, 7) is 5.43. The Hall–Kier alpha value is -0.409. The van der Waals surface area contributed by atoms with Crippen LogP contribution in [0.15, 0.2) is 0 Å². The van der Waals surface area contributed by atoms with Gasteiger partial charge < -0.3 is 50.0 Å². The van der Waals surface area contributed by atoms with Gasteiger partial charge in [-0.15, -0.1) is 0 Å². The molecule has 3 rings (SSSR count). The molecular weight excluding hydrogens is 526 g/mol. The molecule has 0 aromatic carbocycles. The third kappa shape index (κ3) is 9.72. The van der Waals surface area contributed by atoms with Gasteiger partial charge in [-0.3, -0.25) is 4.90 Å². The molecule has 3 aliphatic heterocycles. The summed E-state index contributed by atoms with van der Waals surface area (Å²) in [5.41, 5.74) is 0. The number of hydrogen-bond acceptors (Lipinski definition) is 12. The van der Waals surface area contributed by atoms with Crippen LogP contribution in [0, 0.1) is 0 Å². The van der Waals surface area contributed by atoms with Crippen molar-refractivity contribution in [1.29, 1.82) is 0 Å². The Morgan fingerprint density at radius 3 is 2.31 bits per heavy atom. The summed E-state index contributed by atoms with van der Waals surface area (Å²) < 4.78 is 52.2. The summed E-state index contributed by atoms with van der Waals surface area (Å²) in [6, 6.07) is 1.28. The number of nitrogens with zero attached hydrogens (tertiary/aromatic N) is 1. The van der Waals surface area contributed by atoms with Crippen LogP contribution in [0.4, 0.5) is 0 Å². The fraction of sp³-hybridized carbons (Fsp3) is 0.905. The van der Waals surface area contributed by atoms with E-state index in [2.05, 4.69) is 4.90 Å². The van der Waals surface area contributed by atoms with Crippen LogP contribution in [-0.4, -0.2) is 130 Å². The van der Waals surface area contributed by atoms with Gasteiger partial charge in [0.2, 0.25) is 0 Å². The van der Waals surface area contributed by atoms with E-state index in [1.54, 1.807) is 27.9 Å². The molecule has 12 nitrogen and oxygen atoms in total. The van der Waals surface area contributed by atoms with E-state index in [0.717, 1.165) is 31.1 Å². The summed E-state index contributed by atoms with van der Waals surface area (Å²) in [7, 11) is -2.13. The van der Waals surface area contributed by atoms with Gasteiger partial charge in [0.15, 0.2) is 14.4 Å². The second-order valence-electron chi connectivity index (χ2n) is 9.14. The molecule has 3 aliphatic rings. The van der Waals surface area contributed by atoms with E-state index in [9.17, 15) is 9.59 Å². The molecule has 0 aliphatic carbocycles. The van der Waals surface area contributed by atoms with Crippen LogP contribution in [-0.2, 0) is 50.0 Å². The molecule has 4 unspecified atom stereocenters. The molecule has 0 amide bonds. The monoisotopic (exact) mass is 569 g/mol. The lowest BCUT2D eigenvalue weighted by molar-refractivity contribution is -0.194. The maximum atomic E-state index is 11.1. The molecule has 0 radical (unpaired) electrons. The molecule has 0 spiro atoms. The minimum absolute atomic E-state index is 0.276. The predicted octanol–water partition coefficient (Wildman–Crippen LogP) is 0.846. The first-order valence-electron chi connectivity index (χ1n) is 12.4. The van der Waals surface area contributed by atoms with Gasteiger partial charge in [0.25, 0.3) is 0 Å². The van der Waals surface area contributed by atoms with Crippen LogP contribution in [0.2, 0.25) is 18.6 Å². The minimum Gasteiger partial charge on any atom is -0.379 e. The Kier molecular flexibility index (Phi) is 14.0. The normalized spacial score (nSPS) is 27.3. The summed E-state index contributed by atoms with van der Waals surface area (Å²) in [6.07, 6.45) is 1.37. The molecule has 2 bridgehead atoms. The van der Waals surface area contributed by atoms with Crippen LogP contribution in [0.3, 0.4) is 0 Å². The maximum Gasteiger partial charge on any atom is 0.681 e. The smallest absolute Gasteiger partial charge is 0.379 e. The Balaban J connectivity index is 1.83. The molecule has 0 N–H and O–H groups in total. The third-order valence-electron chi connectivity index (χ3n) is 6.35. The van der Waals surface area contributed by atoms with Crippen molar-refractivity contribution in [3.63, 3.8) is 0 Å². The lowest BCUT2D eigenvalue weighted by atomic mass is 10.3. The van der Waals surface area contributed by atoms with Gasteiger partial charge in [-0.25, -0.2) is 0 Å². The topological polar surface area (TPSA) is 120 Å². The lowest BCUT2D eigenvalue weighted by Gasteiger charge is -2.42. The fourth-order valence-corrected chi connectivity index (χ4v) is 8.90. The van der Waals surface area contributed by atoms with E-state index in [1.807, 2.05) is 0 Å². The number of hydrogen-bond donors (Lipinski definition) is 0. The Labute approximate surface area is 217 Å². The van der Waals surface area contributed by atoms with Crippen LogP contribution in [0.1, 0.15) is 19.3 Å². The molecule has 0 saturated carbocycles. The van der Waals surface area contributed by atoms with Crippen molar-refractivity contribution >= 4 is 37.7 Å². The molecular formula is C21H43NO11Si3. The van der Waals surface area contributed by atoms with E-state index in [4.69, 9.17) is 40.5 Å². The SMILES string of the molecule is CO[Si](CCCOCC1CN2CCO[Si](OC)(O1)OC(OCCCC[Si](C)(C=O)C=O)C2)(OC)OC. The van der Waals surface area contributed by atoms with Crippen molar-refractivity contribution in [1.82, 2.24) is 4.90 Å². The molecule has 3 saturated heterocycles. The van der Waals surface area contributed by atoms with Gasteiger partial charge in [0.05, 0.1) is 19.3 Å². The number of carbonyl (C=O) groups excluding carboxylic acids is 2. The molecule has 3 heterocycles. The first-order valence-corrected chi connectivity index (χ1v) is 18.8. The minimum atomic E-state index is -3.42. The highest BCUT2D eigenvalue weighted by atomic mass is 28.4. The Morgan fingerprint density at radius 1 is 0.944 bits per heavy atom. The molecule has 0 aromatic rings. The fourth-order valence-electron chi connectivity index (χ4n) is 4.05. The standard InChI is InChI=1S/C21H43NO11Si3/c1-25-35(26-2,27-3)14-8-10-29-17-20-15-22-9-12-31-36(28-4,32-20)33-21(16-22)30-11-6-7-13-34(5,18-23)19-24/h18-21H,6-17H2,1-5H3. The van der Waals surface area contributed by atoms with E-state index >= 15 is 0 Å². The molecule has 4 atom stereocenters. The van der Waals surface area contributed by atoms with Crippen LogP contribution >= 0.6 is 0 Å². The van der Waals surface area contributed by atoms with Crippen molar-refractivity contribution in [3.8, 4) is 0 Å². The van der Waals surface area contributed by atoms with Crippen molar-refractivity contribution in [3.05, 3.63) is 0 Å². The van der Waals surface area contributed by atoms with Gasteiger partial charge in [0.1, 0.15) is 11.8 Å². The summed E-state index contributed by atoms with van der Waals surface area (Å²) in [5.74, 6) is 1.67. The lowest BCUT2D eigenvalue weighted by Crippen LogP contribution is -2.62. The van der Waals surface area contributed by atoms with Crippen LogP contribution < -0.4 is 0 Å². The number of fused-ring (bicyclic) bond motifs is 6. The van der Waals surface area contributed by atoms with Crippen molar-refractivity contribution in [2.75, 3.05) is 74.5 Å². The highest BCUT2D eigenvalue weighted by molar-refractivity contribution is 7.17. The number of unbranched alkanes of at least 4 members (excludes halogenated alkanes) is 1. The Morgan fingerprint density at radius 2 is 1.67 bits per heavy atom. The van der Waals surface area contributed by atoms with Gasteiger partial charge in [0, 0.05) is 67.3 Å². The first-order chi connectivity index (χ1) is 17.3. The molecule has 210 valence electrons. The number of ether oxygens (including phenoxy) is 2. The molecule has 0 aromatic heterocycles. The summed E-state index contributed by atoms with van der Waals surface area (Å²) in [5, 5.41) is 0. The maximum absolute atomic E-state index is 11.1. The molecule has 36 heavy (non-hydrogen) atoms. The summed E-state index contributed by atoms with van der Waals surface area (Å²) >= 11 is 0. The number of rotatable bonds is 18. The van der Waals surface area contributed by atoms with E-state index in [1.165, 1.54) is 7.11 Å². The van der Waals surface area contributed by atoms with Crippen LogP contribution in [0.5, 0.6) is 0 Å². The van der Waals surface area contributed by atoms with Crippen molar-refractivity contribution in [2.45, 2.75) is 50.3 Å². The zero-order valence-electron chi connectivity index (χ0n) is 22.2. The van der Waals surface area contributed by atoms with E-state index in [0.29, 0.717) is 58.1 Å². The van der Waals surface area contributed by atoms with Gasteiger partial charge in [-0.1, -0.05) is 13.0 Å². The second kappa shape index (κ2) is 15.9. The second-order valence-corrected chi connectivity index (χ2v) is 18.4. The predicted molar refractivity (Wildman–Crippen MR) is 137 cm³/mol. The first kappa shape index (κ1) is 31.8. The van der Waals surface area contributed by atoms with Crippen LogP contribution in [0.25, 0.3) is 0 Å².